The number of imidazole rings is 1. The Balaban J connectivity index is 2.00. The van der Waals surface area contributed by atoms with Crippen molar-refractivity contribution < 1.29 is 9.53 Å². The van der Waals surface area contributed by atoms with Crippen LogP contribution in [0.5, 0.6) is 0 Å². The largest absolute Gasteiger partial charge is 0.459 e. The molecule has 6 nitrogen and oxygen atoms in total. The number of carbonyl (C=O) groups is 1. The van der Waals surface area contributed by atoms with Gasteiger partial charge < -0.3 is 10.1 Å². The maximum atomic E-state index is 12.1. The van der Waals surface area contributed by atoms with Crippen molar-refractivity contribution in [2.45, 2.75) is 26.4 Å². The zero-order chi connectivity index (χ0) is 19.6. The molecule has 0 spiro atoms. The van der Waals surface area contributed by atoms with E-state index in [0.29, 0.717) is 27.7 Å². The number of anilines is 1. The third kappa shape index (κ3) is 4.39. The Morgan fingerprint density at radius 1 is 1.30 bits per heavy atom. The van der Waals surface area contributed by atoms with Gasteiger partial charge in [-0.15, -0.1) is 0 Å². The van der Waals surface area contributed by atoms with Gasteiger partial charge in [-0.1, -0.05) is 23.7 Å². The number of pyridine rings is 1. The highest BCUT2D eigenvalue weighted by atomic mass is 35.5. The van der Waals surface area contributed by atoms with Crippen LogP contribution in [0.15, 0.2) is 42.6 Å². The van der Waals surface area contributed by atoms with Crippen LogP contribution < -0.4 is 5.32 Å². The number of nitriles is 1. The zero-order valence-corrected chi connectivity index (χ0v) is 16.0. The highest BCUT2D eigenvalue weighted by molar-refractivity contribution is 6.30. The summed E-state index contributed by atoms with van der Waals surface area (Å²) in [6.45, 7) is 5.46. The highest BCUT2D eigenvalue weighted by Crippen LogP contribution is 2.30. The van der Waals surface area contributed by atoms with Gasteiger partial charge in [-0.2, -0.15) is 5.26 Å². The van der Waals surface area contributed by atoms with Crippen LogP contribution in [0, 0.1) is 11.3 Å². The van der Waals surface area contributed by atoms with E-state index < -0.39 is 5.60 Å². The number of esters is 1. The van der Waals surface area contributed by atoms with Gasteiger partial charge in [0.25, 0.3) is 0 Å². The van der Waals surface area contributed by atoms with Crippen LogP contribution in [0.25, 0.3) is 16.9 Å². The molecule has 27 heavy (non-hydrogen) atoms. The molecule has 0 amide bonds. The molecular formula is C20H19ClN4O2. The minimum absolute atomic E-state index is 0.00828. The van der Waals surface area contributed by atoms with Crippen LogP contribution >= 0.6 is 11.6 Å². The standard InChI is InChI=1S/C20H19ClN4O2/c1-20(2,3)27-17(26)12-23-19-18(14-4-6-15(21)7-5-14)24-16-10-13(11-22)8-9-25(16)19/h4-10,23H,12H2,1-3H3. The molecule has 7 heteroatoms. The van der Waals surface area contributed by atoms with Crippen molar-refractivity contribution in [1.29, 1.82) is 5.26 Å². The van der Waals surface area contributed by atoms with Gasteiger partial charge in [0.15, 0.2) is 0 Å². The van der Waals surface area contributed by atoms with Crippen LogP contribution in [0.3, 0.4) is 0 Å². The Morgan fingerprint density at radius 2 is 2.00 bits per heavy atom. The van der Waals surface area contributed by atoms with Crippen molar-refractivity contribution >= 4 is 29.0 Å². The zero-order valence-electron chi connectivity index (χ0n) is 15.3. The first-order chi connectivity index (χ1) is 12.8. The predicted molar refractivity (Wildman–Crippen MR) is 105 cm³/mol. The topological polar surface area (TPSA) is 79.4 Å². The summed E-state index contributed by atoms with van der Waals surface area (Å²) in [5.74, 6) is 0.274. The molecule has 0 atom stereocenters. The van der Waals surface area contributed by atoms with Crippen LogP contribution in [0.4, 0.5) is 5.82 Å². The first kappa shape index (κ1) is 18.7. The van der Waals surface area contributed by atoms with Crippen LogP contribution in [0.2, 0.25) is 5.02 Å². The Morgan fingerprint density at radius 3 is 2.63 bits per heavy atom. The number of benzene rings is 1. The van der Waals surface area contributed by atoms with Gasteiger partial charge in [0.1, 0.15) is 29.3 Å². The van der Waals surface area contributed by atoms with Gasteiger partial charge in [0, 0.05) is 16.8 Å². The molecular weight excluding hydrogens is 364 g/mol. The first-order valence-corrected chi connectivity index (χ1v) is 8.78. The first-order valence-electron chi connectivity index (χ1n) is 8.41. The van der Waals surface area contributed by atoms with Crippen molar-refractivity contribution in [2.75, 3.05) is 11.9 Å². The molecule has 0 radical (unpaired) electrons. The number of nitrogens with one attached hydrogen (secondary N) is 1. The molecule has 0 aliphatic carbocycles. The lowest BCUT2D eigenvalue weighted by atomic mass is 10.1. The van der Waals surface area contributed by atoms with Gasteiger partial charge >= 0.3 is 5.97 Å². The summed E-state index contributed by atoms with van der Waals surface area (Å²) >= 11 is 5.98. The molecule has 1 aromatic carbocycles. The summed E-state index contributed by atoms with van der Waals surface area (Å²) < 4.78 is 7.16. The molecule has 3 aromatic rings. The number of nitrogens with zero attached hydrogens (tertiary/aromatic N) is 3. The van der Waals surface area contributed by atoms with E-state index in [1.165, 1.54) is 0 Å². The van der Waals surface area contributed by atoms with Gasteiger partial charge in [-0.3, -0.25) is 9.20 Å². The van der Waals surface area contributed by atoms with Crippen molar-refractivity contribution in [3.05, 3.63) is 53.2 Å². The van der Waals surface area contributed by atoms with Crippen LogP contribution in [-0.4, -0.2) is 27.5 Å². The van der Waals surface area contributed by atoms with Gasteiger partial charge in [-0.25, -0.2) is 4.98 Å². The summed E-state index contributed by atoms with van der Waals surface area (Å²) in [6, 6.07) is 12.8. The average molecular weight is 383 g/mol. The van der Waals surface area contributed by atoms with E-state index >= 15 is 0 Å². The number of fused-ring (bicyclic) bond motifs is 1. The molecule has 0 fully saturated rings. The van der Waals surface area contributed by atoms with Crippen molar-refractivity contribution in [3.63, 3.8) is 0 Å². The third-order valence-corrected chi connectivity index (χ3v) is 3.95. The van der Waals surface area contributed by atoms with Crippen LogP contribution in [-0.2, 0) is 9.53 Å². The second kappa shape index (κ2) is 7.29. The van der Waals surface area contributed by atoms with E-state index in [9.17, 15) is 4.79 Å². The number of carbonyl (C=O) groups excluding carboxylic acids is 1. The third-order valence-electron chi connectivity index (χ3n) is 3.69. The Kier molecular flexibility index (Phi) is 5.06. The van der Waals surface area contributed by atoms with E-state index in [-0.39, 0.29) is 12.5 Å². The molecule has 2 aromatic heterocycles. The number of ether oxygens (including phenoxy) is 1. The number of halogens is 1. The van der Waals surface area contributed by atoms with E-state index in [4.69, 9.17) is 21.6 Å². The van der Waals surface area contributed by atoms with E-state index in [0.717, 1.165) is 5.56 Å². The lowest BCUT2D eigenvalue weighted by Gasteiger charge is -2.19. The SMILES string of the molecule is CC(C)(C)OC(=O)CNc1c(-c2ccc(Cl)cc2)nc2cc(C#N)ccn12. The van der Waals surface area contributed by atoms with E-state index in [2.05, 4.69) is 16.4 Å². The summed E-state index contributed by atoms with van der Waals surface area (Å²) in [5.41, 5.74) is 2.05. The molecule has 0 unspecified atom stereocenters. The second-order valence-electron chi connectivity index (χ2n) is 7.01. The lowest BCUT2D eigenvalue weighted by molar-refractivity contribution is -0.152. The molecule has 3 rings (SSSR count). The Labute approximate surface area is 162 Å². The highest BCUT2D eigenvalue weighted by Gasteiger charge is 2.19. The smallest absolute Gasteiger partial charge is 0.325 e. The summed E-state index contributed by atoms with van der Waals surface area (Å²) in [6.07, 6.45) is 1.75. The predicted octanol–water partition coefficient (Wildman–Crippen LogP) is 4.28. The molecule has 2 heterocycles. The summed E-state index contributed by atoms with van der Waals surface area (Å²) in [5, 5.41) is 12.9. The van der Waals surface area contributed by atoms with Crippen molar-refractivity contribution in [3.8, 4) is 17.3 Å². The summed E-state index contributed by atoms with van der Waals surface area (Å²) in [4.78, 5) is 16.7. The average Bonchev–Trinajstić information content (AvgIpc) is 2.96. The fourth-order valence-corrected chi connectivity index (χ4v) is 2.75. The molecule has 0 aliphatic rings. The molecule has 0 saturated carbocycles. The minimum Gasteiger partial charge on any atom is -0.459 e. The van der Waals surface area contributed by atoms with Crippen molar-refractivity contribution in [1.82, 2.24) is 9.38 Å². The summed E-state index contributed by atoms with van der Waals surface area (Å²) in [7, 11) is 0. The molecule has 0 bridgehead atoms. The number of hydrogen-bond acceptors (Lipinski definition) is 5. The fourth-order valence-electron chi connectivity index (χ4n) is 2.63. The second-order valence-corrected chi connectivity index (χ2v) is 7.45. The van der Waals surface area contributed by atoms with Gasteiger partial charge in [0.05, 0.1) is 11.6 Å². The van der Waals surface area contributed by atoms with E-state index in [1.807, 2.05) is 32.9 Å². The monoisotopic (exact) mass is 382 g/mol. The van der Waals surface area contributed by atoms with Gasteiger partial charge in [0.2, 0.25) is 0 Å². The quantitative estimate of drug-likeness (QED) is 0.681. The van der Waals surface area contributed by atoms with Crippen LogP contribution in [0.1, 0.15) is 26.3 Å². The molecule has 0 saturated heterocycles. The normalized spacial score (nSPS) is 11.2. The number of aromatic nitrogens is 2. The maximum Gasteiger partial charge on any atom is 0.325 e. The fraction of sp³-hybridized carbons (Fsp3) is 0.250. The molecule has 1 N–H and O–H groups in total. The molecule has 0 aliphatic heterocycles. The lowest BCUT2D eigenvalue weighted by Crippen LogP contribution is -2.28. The van der Waals surface area contributed by atoms with Crippen molar-refractivity contribution in [2.24, 2.45) is 0 Å². The maximum absolute atomic E-state index is 12.1. The Bertz CT molecular complexity index is 1030. The van der Waals surface area contributed by atoms with Gasteiger partial charge in [-0.05, 0) is 45.0 Å². The number of hydrogen-bond donors (Lipinski definition) is 1. The number of rotatable bonds is 4. The molecule has 138 valence electrons. The minimum atomic E-state index is -0.557. The van der Waals surface area contributed by atoms with E-state index in [1.54, 1.807) is 34.9 Å². The Hall–Kier alpha value is -3.04.